The number of rotatable bonds is 4. The molecular weight excluding hydrogens is 332 g/mol. The largest absolute Gasteiger partial charge is 0.378 e. The summed E-state index contributed by atoms with van der Waals surface area (Å²) in [4.78, 5) is 29.4. The number of likely N-dealkylation sites (tertiary alicyclic amines) is 1. The molecule has 1 aromatic heterocycles. The van der Waals surface area contributed by atoms with Crippen LogP contribution in [0.4, 0.5) is 0 Å². The van der Waals surface area contributed by atoms with E-state index in [2.05, 4.69) is 18.9 Å². The van der Waals surface area contributed by atoms with Crippen LogP contribution >= 0.6 is 0 Å². The molecule has 0 bridgehead atoms. The maximum atomic E-state index is 12.9. The van der Waals surface area contributed by atoms with Crippen LogP contribution in [0.5, 0.6) is 0 Å². The minimum Gasteiger partial charge on any atom is -0.378 e. The molecule has 0 spiro atoms. The number of morpholine rings is 1. The van der Waals surface area contributed by atoms with Gasteiger partial charge in [-0.3, -0.25) is 14.3 Å². The van der Waals surface area contributed by atoms with Crippen molar-refractivity contribution in [1.29, 1.82) is 0 Å². The Balaban J connectivity index is 1.61. The molecule has 0 N–H and O–H groups in total. The average Bonchev–Trinajstić information content (AvgIpc) is 3.12. The Morgan fingerprint density at radius 2 is 1.81 bits per heavy atom. The van der Waals surface area contributed by atoms with E-state index in [0.717, 1.165) is 18.5 Å². The van der Waals surface area contributed by atoms with Crippen molar-refractivity contribution in [1.82, 2.24) is 19.6 Å². The van der Waals surface area contributed by atoms with E-state index in [1.54, 1.807) is 4.68 Å². The number of aryl methyl sites for hydroxylation is 1. The normalized spacial score (nSPS) is 19.2. The summed E-state index contributed by atoms with van der Waals surface area (Å²) in [5.74, 6) is 0.579. The lowest BCUT2D eigenvalue weighted by atomic mass is 9.95. The van der Waals surface area contributed by atoms with Gasteiger partial charge in [-0.05, 0) is 31.7 Å². The summed E-state index contributed by atoms with van der Waals surface area (Å²) in [7, 11) is 0. The molecule has 0 radical (unpaired) electrons. The van der Waals surface area contributed by atoms with Crippen molar-refractivity contribution >= 4 is 11.8 Å². The highest BCUT2D eigenvalue weighted by Crippen LogP contribution is 2.23. The van der Waals surface area contributed by atoms with Gasteiger partial charge in [0, 0.05) is 38.6 Å². The molecule has 1 aromatic rings. The molecule has 2 aliphatic rings. The Morgan fingerprint density at radius 3 is 2.38 bits per heavy atom. The summed E-state index contributed by atoms with van der Waals surface area (Å²) >= 11 is 0. The molecule has 7 nitrogen and oxygen atoms in total. The summed E-state index contributed by atoms with van der Waals surface area (Å²) in [5.41, 5.74) is 1.61. The van der Waals surface area contributed by atoms with Crippen LogP contribution in [0.2, 0.25) is 0 Å². The van der Waals surface area contributed by atoms with Gasteiger partial charge < -0.3 is 14.5 Å². The fraction of sp³-hybridized carbons (Fsp3) is 0.737. The highest BCUT2D eigenvalue weighted by molar-refractivity contribution is 5.93. The number of piperidine rings is 1. The number of amides is 2. The number of carbonyl (C=O) groups excluding carboxylic acids is 2. The maximum absolute atomic E-state index is 12.9. The maximum Gasteiger partial charge on any atom is 0.272 e. The van der Waals surface area contributed by atoms with Crippen LogP contribution < -0.4 is 0 Å². The van der Waals surface area contributed by atoms with Gasteiger partial charge in [0.2, 0.25) is 5.91 Å². The van der Waals surface area contributed by atoms with E-state index in [4.69, 9.17) is 4.74 Å². The lowest BCUT2D eigenvalue weighted by Gasteiger charge is -2.35. The molecule has 0 aromatic carbocycles. The Hall–Kier alpha value is -1.89. The van der Waals surface area contributed by atoms with Gasteiger partial charge in [-0.15, -0.1) is 0 Å². The molecule has 26 heavy (non-hydrogen) atoms. The zero-order valence-corrected chi connectivity index (χ0v) is 16.1. The van der Waals surface area contributed by atoms with Gasteiger partial charge in [0.25, 0.3) is 5.91 Å². The van der Waals surface area contributed by atoms with Gasteiger partial charge >= 0.3 is 0 Å². The van der Waals surface area contributed by atoms with Gasteiger partial charge in [-0.2, -0.15) is 5.10 Å². The molecule has 2 fully saturated rings. The van der Waals surface area contributed by atoms with Crippen LogP contribution in [-0.4, -0.2) is 70.8 Å². The third kappa shape index (κ3) is 3.92. The minimum absolute atomic E-state index is 0.0273. The highest BCUT2D eigenvalue weighted by Gasteiger charge is 2.32. The van der Waals surface area contributed by atoms with E-state index in [-0.39, 0.29) is 17.7 Å². The van der Waals surface area contributed by atoms with E-state index in [0.29, 0.717) is 57.5 Å². The number of carbonyl (C=O) groups is 2. The lowest BCUT2D eigenvalue weighted by molar-refractivity contribution is -0.141. The van der Waals surface area contributed by atoms with Crippen molar-refractivity contribution in [2.45, 2.75) is 46.1 Å². The molecule has 0 atom stereocenters. The second-order valence-corrected chi connectivity index (χ2v) is 7.43. The molecule has 144 valence electrons. The lowest BCUT2D eigenvalue weighted by Crippen LogP contribution is -2.47. The quantitative estimate of drug-likeness (QED) is 0.818. The van der Waals surface area contributed by atoms with Crippen LogP contribution in [-0.2, 0) is 16.1 Å². The topological polar surface area (TPSA) is 67.7 Å². The second kappa shape index (κ2) is 8.20. The van der Waals surface area contributed by atoms with Crippen LogP contribution in [0, 0.1) is 5.92 Å². The summed E-state index contributed by atoms with van der Waals surface area (Å²) in [6.07, 6.45) is 1.47. The molecule has 0 unspecified atom stereocenters. The number of nitrogens with zero attached hydrogens (tertiary/aromatic N) is 4. The van der Waals surface area contributed by atoms with Gasteiger partial charge in [0.15, 0.2) is 0 Å². The predicted molar refractivity (Wildman–Crippen MR) is 98.0 cm³/mol. The monoisotopic (exact) mass is 362 g/mol. The summed E-state index contributed by atoms with van der Waals surface area (Å²) in [5, 5.41) is 4.55. The fourth-order valence-corrected chi connectivity index (χ4v) is 3.67. The van der Waals surface area contributed by atoms with Gasteiger partial charge in [-0.1, -0.05) is 13.8 Å². The van der Waals surface area contributed by atoms with Crippen molar-refractivity contribution in [3.63, 3.8) is 0 Å². The van der Waals surface area contributed by atoms with Crippen molar-refractivity contribution in [2.24, 2.45) is 5.92 Å². The van der Waals surface area contributed by atoms with Gasteiger partial charge in [0.05, 0.1) is 18.9 Å². The average molecular weight is 362 g/mol. The molecule has 2 saturated heterocycles. The number of hydrogen-bond donors (Lipinski definition) is 0. The minimum atomic E-state index is 0.0273. The number of aromatic nitrogens is 2. The first kappa shape index (κ1) is 18.9. The van der Waals surface area contributed by atoms with Crippen molar-refractivity contribution in [3.8, 4) is 0 Å². The number of ether oxygens (including phenoxy) is 1. The second-order valence-electron chi connectivity index (χ2n) is 7.43. The Labute approximate surface area is 155 Å². The van der Waals surface area contributed by atoms with E-state index in [1.807, 2.05) is 22.8 Å². The van der Waals surface area contributed by atoms with E-state index in [1.165, 1.54) is 0 Å². The van der Waals surface area contributed by atoms with Crippen LogP contribution in [0.15, 0.2) is 6.07 Å². The van der Waals surface area contributed by atoms with E-state index in [9.17, 15) is 9.59 Å². The molecule has 2 aliphatic heterocycles. The first-order valence-electron chi connectivity index (χ1n) is 9.74. The van der Waals surface area contributed by atoms with Gasteiger partial charge in [-0.25, -0.2) is 0 Å². The van der Waals surface area contributed by atoms with Gasteiger partial charge in [0.1, 0.15) is 5.69 Å². The number of hydrogen-bond acceptors (Lipinski definition) is 4. The molecule has 3 heterocycles. The smallest absolute Gasteiger partial charge is 0.272 e. The van der Waals surface area contributed by atoms with Crippen LogP contribution in [0.1, 0.15) is 55.7 Å². The third-order valence-electron chi connectivity index (χ3n) is 5.36. The van der Waals surface area contributed by atoms with Crippen molar-refractivity contribution in [2.75, 3.05) is 39.4 Å². The zero-order chi connectivity index (χ0) is 18.7. The predicted octanol–water partition coefficient (Wildman–Crippen LogP) is 1.74. The molecule has 0 aliphatic carbocycles. The molecule has 2 amide bonds. The standard InChI is InChI=1S/C19H30N4O3/c1-4-23-17(13-16(20-23)14(2)3)19(25)21-7-5-15(6-8-21)18(24)22-9-11-26-12-10-22/h13-15H,4-12H2,1-3H3. The summed E-state index contributed by atoms with van der Waals surface area (Å²) in [6, 6.07) is 1.92. The Kier molecular flexibility index (Phi) is 5.96. The van der Waals surface area contributed by atoms with Crippen molar-refractivity contribution < 1.29 is 14.3 Å². The fourth-order valence-electron chi connectivity index (χ4n) is 3.67. The molecule has 3 rings (SSSR count). The molecule has 7 heteroatoms. The highest BCUT2D eigenvalue weighted by atomic mass is 16.5. The van der Waals surface area contributed by atoms with E-state index < -0.39 is 0 Å². The first-order chi connectivity index (χ1) is 12.5. The summed E-state index contributed by atoms with van der Waals surface area (Å²) < 4.78 is 7.11. The summed E-state index contributed by atoms with van der Waals surface area (Å²) in [6.45, 7) is 10.7. The van der Waals surface area contributed by atoms with Crippen LogP contribution in [0.3, 0.4) is 0 Å². The van der Waals surface area contributed by atoms with E-state index >= 15 is 0 Å². The molecule has 0 saturated carbocycles. The van der Waals surface area contributed by atoms with Crippen molar-refractivity contribution in [3.05, 3.63) is 17.5 Å². The SMILES string of the molecule is CCn1nc(C(C)C)cc1C(=O)N1CCC(C(=O)N2CCOCC2)CC1. The Bertz CT molecular complexity index is 641. The first-order valence-corrected chi connectivity index (χ1v) is 9.74. The zero-order valence-electron chi connectivity index (χ0n) is 16.1. The Morgan fingerprint density at radius 1 is 1.15 bits per heavy atom. The third-order valence-corrected chi connectivity index (χ3v) is 5.36. The molecular formula is C19H30N4O3. The van der Waals surface area contributed by atoms with Crippen LogP contribution in [0.25, 0.3) is 0 Å².